The molecule has 0 rings (SSSR count). The van der Waals surface area contributed by atoms with Gasteiger partial charge >= 0.3 is 6.09 Å². The van der Waals surface area contributed by atoms with Crippen LogP contribution in [0, 0.1) is 5.41 Å². The highest BCUT2D eigenvalue weighted by molar-refractivity contribution is 5.79. The molecule has 0 aliphatic rings. The van der Waals surface area contributed by atoms with E-state index >= 15 is 0 Å². The fraction of sp³-hybridized carbons (Fsp3) is 0.778. The first-order valence-electron chi connectivity index (χ1n) is 4.52. The maximum Gasteiger partial charge on any atom is 0.408 e. The largest absolute Gasteiger partial charge is 0.480 e. The Kier molecular flexibility index (Phi) is 4.97. The van der Waals surface area contributed by atoms with Crippen molar-refractivity contribution >= 4 is 12.0 Å². The van der Waals surface area contributed by atoms with E-state index in [4.69, 9.17) is 14.9 Å². The van der Waals surface area contributed by atoms with Gasteiger partial charge < -0.3 is 14.8 Å². The van der Waals surface area contributed by atoms with Gasteiger partial charge in [-0.1, -0.05) is 0 Å². The highest BCUT2D eigenvalue weighted by Crippen LogP contribution is 2.05. The second-order valence-corrected chi connectivity index (χ2v) is 3.71. The third-order valence-corrected chi connectivity index (χ3v) is 1.11. The Hall–Kier alpha value is -1.26. The van der Waals surface area contributed by atoms with Crippen LogP contribution in [-0.2, 0) is 9.47 Å². The second-order valence-electron chi connectivity index (χ2n) is 3.71. The zero-order valence-electron chi connectivity index (χ0n) is 9.14. The fourth-order valence-electron chi connectivity index (χ4n) is 0.692. The lowest BCUT2D eigenvalue weighted by Gasteiger charge is -2.19. The van der Waals surface area contributed by atoms with Crippen LogP contribution in [0.25, 0.3) is 0 Å². The van der Waals surface area contributed by atoms with E-state index in [0.29, 0.717) is 6.61 Å². The van der Waals surface area contributed by atoms with Crippen molar-refractivity contribution in [1.29, 1.82) is 5.41 Å². The number of hydrogen-bond acceptors (Lipinski definition) is 4. The molecule has 0 radical (unpaired) electrons. The minimum atomic E-state index is -0.540. The summed E-state index contributed by atoms with van der Waals surface area (Å²) < 4.78 is 9.80. The summed E-state index contributed by atoms with van der Waals surface area (Å²) in [6.07, 6.45) is -0.540. The van der Waals surface area contributed by atoms with Crippen molar-refractivity contribution in [3.05, 3.63) is 0 Å². The first-order chi connectivity index (χ1) is 6.35. The van der Waals surface area contributed by atoms with Crippen LogP contribution in [0.3, 0.4) is 0 Å². The molecule has 0 bridgehead atoms. The molecule has 0 aliphatic heterocycles. The molecule has 5 nitrogen and oxygen atoms in total. The summed E-state index contributed by atoms with van der Waals surface area (Å²) in [5.41, 5.74) is -0.516. The number of hydrogen-bond donors (Lipinski definition) is 2. The standard InChI is InChI=1S/C9H18N2O3/c1-5-13-7(10)6-11-8(12)14-9(2,3)4/h10H,5-6H2,1-4H3,(H,11,12). The third-order valence-electron chi connectivity index (χ3n) is 1.11. The van der Waals surface area contributed by atoms with Gasteiger partial charge in [0.05, 0.1) is 13.2 Å². The SMILES string of the molecule is CCOC(=N)CNC(=O)OC(C)(C)C. The van der Waals surface area contributed by atoms with Crippen LogP contribution in [0.1, 0.15) is 27.7 Å². The summed E-state index contributed by atoms with van der Waals surface area (Å²) in [4.78, 5) is 11.1. The first kappa shape index (κ1) is 12.7. The molecule has 0 atom stereocenters. The van der Waals surface area contributed by atoms with Crippen molar-refractivity contribution < 1.29 is 14.3 Å². The van der Waals surface area contributed by atoms with E-state index in [1.54, 1.807) is 27.7 Å². The van der Waals surface area contributed by atoms with Crippen molar-refractivity contribution in [3.63, 3.8) is 0 Å². The molecule has 0 saturated heterocycles. The van der Waals surface area contributed by atoms with E-state index in [2.05, 4.69) is 5.32 Å². The van der Waals surface area contributed by atoms with Gasteiger partial charge in [0, 0.05) is 0 Å². The highest BCUT2D eigenvalue weighted by Gasteiger charge is 2.15. The zero-order chi connectivity index (χ0) is 11.2. The summed E-state index contributed by atoms with van der Waals surface area (Å²) in [6, 6.07) is 0. The van der Waals surface area contributed by atoms with Crippen molar-refractivity contribution in [2.75, 3.05) is 13.2 Å². The van der Waals surface area contributed by atoms with Crippen LogP contribution in [0.2, 0.25) is 0 Å². The molecule has 82 valence electrons. The molecule has 0 heterocycles. The Balaban J connectivity index is 3.70. The number of rotatable bonds is 3. The lowest BCUT2D eigenvalue weighted by molar-refractivity contribution is 0.0532. The average Bonchev–Trinajstić information content (AvgIpc) is 1.98. The van der Waals surface area contributed by atoms with Gasteiger partial charge in [0.15, 0.2) is 0 Å². The number of carbonyl (C=O) groups excluding carboxylic acids is 1. The summed E-state index contributed by atoms with van der Waals surface area (Å²) in [7, 11) is 0. The molecule has 14 heavy (non-hydrogen) atoms. The quantitative estimate of drug-likeness (QED) is 0.538. The molecule has 0 spiro atoms. The monoisotopic (exact) mass is 202 g/mol. The minimum absolute atomic E-state index is 0.0263. The topological polar surface area (TPSA) is 71.4 Å². The molecule has 0 unspecified atom stereocenters. The Bertz CT molecular complexity index is 209. The molecule has 2 N–H and O–H groups in total. The van der Waals surface area contributed by atoms with Crippen molar-refractivity contribution in [2.24, 2.45) is 0 Å². The molecule has 0 saturated carbocycles. The van der Waals surface area contributed by atoms with Crippen LogP contribution in [0.15, 0.2) is 0 Å². The molecular formula is C9H18N2O3. The van der Waals surface area contributed by atoms with E-state index in [9.17, 15) is 4.79 Å². The van der Waals surface area contributed by atoms with E-state index < -0.39 is 11.7 Å². The number of ether oxygens (including phenoxy) is 2. The van der Waals surface area contributed by atoms with Crippen LogP contribution < -0.4 is 5.32 Å². The highest BCUT2D eigenvalue weighted by atomic mass is 16.6. The number of alkyl carbamates (subject to hydrolysis) is 1. The van der Waals surface area contributed by atoms with E-state index in [0.717, 1.165) is 0 Å². The summed E-state index contributed by atoms with van der Waals surface area (Å²) >= 11 is 0. The van der Waals surface area contributed by atoms with Crippen molar-refractivity contribution in [1.82, 2.24) is 5.32 Å². The number of nitrogens with one attached hydrogen (secondary N) is 2. The van der Waals surface area contributed by atoms with Crippen LogP contribution >= 0.6 is 0 Å². The molecule has 0 aromatic rings. The van der Waals surface area contributed by atoms with Gasteiger partial charge in [-0.05, 0) is 27.7 Å². The van der Waals surface area contributed by atoms with Crippen LogP contribution in [0.5, 0.6) is 0 Å². The molecule has 0 aromatic carbocycles. The maximum atomic E-state index is 11.1. The summed E-state index contributed by atoms with van der Waals surface area (Å²) in [6.45, 7) is 7.60. The van der Waals surface area contributed by atoms with Gasteiger partial charge in [-0.15, -0.1) is 0 Å². The number of carbonyl (C=O) groups is 1. The summed E-state index contributed by atoms with van der Waals surface area (Å²) in [5, 5.41) is 9.63. The lowest BCUT2D eigenvalue weighted by atomic mass is 10.2. The second kappa shape index (κ2) is 5.47. The Morgan fingerprint density at radius 3 is 2.43 bits per heavy atom. The molecule has 0 fully saturated rings. The van der Waals surface area contributed by atoms with Gasteiger partial charge in [-0.25, -0.2) is 4.79 Å². The van der Waals surface area contributed by atoms with Crippen LogP contribution in [0.4, 0.5) is 4.79 Å². The fourth-order valence-corrected chi connectivity index (χ4v) is 0.692. The Morgan fingerprint density at radius 2 is 2.00 bits per heavy atom. The molecule has 5 heteroatoms. The lowest BCUT2D eigenvalue weighted by Crippen LogP contribution is -2.35. The average molecular weight is 202 g/mol. The Labute approximate surface area is 84.3 Å². The Morgan fingerprint density at radius 1 is 1.43 bits per heavy atom. The van der Waals surface area contributed by atoms with Gasteiger partial charge in [-0.2, -0.15) is 0 Å². The summed E-state index contributed by atoms with van der Waals surface area (Å²) in [5.74, 6) is 0.0263. The van der Waals surface area contributed by atoms with Gasteiger partial charge in [0.2, 0.25) is 5.90 Å². The predicted molar refractivity (Wildman–Crippen MR) is 53.6 cm³/mol. The molecular weight excluding hydrogens is 184 g/mol. The maximum absolute atomic E-state index is 11.1. The molecule has 0 aromatic heterocycles. The van der Waals surface area contributed by atoms with E-state index in [1.807, 2.05) is 0 Å². The van der Waals surface area contributed by atoms with E-state index in [-0.39, 0.29) is 12.4 Å². The zero-order valence-corrected chi connectivity index (χ0v) is 9.14. The predicted octanol–water partition coefficient (Wildman–Crippen LogP) is 1.52. The minimum Gasteiger partial charge on any atom is -0.480 e. The molecule has 0 aliphatic carbocycles. The van der Waals surface area contributed by atoms with Crippen molar-refractivity contribution in [2.45, 2.75) is 33.3 Å². The first-order valence-corrected chi connectivity index (χ1v) is 4.52. The third kappa shape index (κ3) is 7.39. The number of amides is 1. The van der Waals surface area contributed by atoms with Crippen LogP contribution in [-0.4, -0.2) is 30.7 Å². The van der Waals surface area contributed by atoms with Gasteiger partial charge in [-0.3, -0.25) is 5.41 Å². The smallest absolute Gasteiger partial charge is 0.408 e. The van der Waals surface area contributed by atoms with Gasteiger partial charge in [0.25, 0.3) is 0 Å². The van der Waals surface area contributed by atoms with Gasteiger partial charge in [0.1, 0.15) is 5.60 Å². The molecule has 1 amide bonds. The normalized spacial score (nSPS) is 10.6. The van der Waals surface area contributed by atoms with E-state index in [1.165, 1.54) is 0 Å². The van der Waals surface area contributed by atoms with Crippen molar-refractivity contribution in [3.8, 4) is 0 Å².